The van der Waals surface area contributed by atoms with Crippen molar-refractivity contribution in [3.63, 3.8) is 0 Å². The van der Waals surface area contributed by atoms with Crippen LogP contribution in [0.25, 0.3) is 0 Å². The molecule has 0 aliphatic carbocycles. The maximum Gasteiger partial charge on any atom is 0.139 e. The topological polar surface area (TPSA) is 75.2 Å². The fraction of sp³-hybridized carbons (Fsp3) is 0.421. The molecule has 8 nitrogen and oxygen atoms in total. The molecule has 0 unspecified atom stereocenters. The predicted molar refractivity (Wildman–Crippen MR) is 102 cm³/mol. The Hall–Kier alpha value is -2.71. The monoisotopic (exact) mass is 367 g/mol. The van der Waals surface area contributed by atoms with Crippen molar-refractivity contribution < 1.29 is 5.11 Å². The normalized spacial score (nSPS) is 15.6. The van der Waals surface area contributed by atoms with Crippen LogP contribution in [0.15, 0.2) is 36.7 Å². The van der Waals surface area contributed by atoms with E-state index in [2.05, 4.69) is 26.1 Å². The molecule has 4 heterocycles. The lowest BCUT2D eigenvalue weighted by molar-refractivity contribution is 0.196. The van der Waals surface area contributed by atoms with Gasteiger partial charge in [-0.1, -0.05) is 6.07 Å². The molecule has 3 aromatic rings. The van der Waals surface area contributed by atoms with Gasteiger partial charge in [0.15, 0.2) is 0 Å². The number of nitrogens with zero attached hydrogens (tertiary/aromatic N) is 7. The van der Waals surface area contributed by atoms with Crippen LogP contribution in [0.1, 0.15) is 28.7 Å². The average Bonchev–Trinajstić information content (AvgIpc) is 3.27. The van der Waals surface area contributed by atoms with Gasteiger partial charge in [0.1, 0.15) is 11.9 Å². The summed E-state index contributed by atoms with van der Waals surface area (Å²) in [7, 11) is 5.81. The summed E-state index contributed by atoms with van der Waals surface area (Å²) < 4.78 is 3.68. The van der Waals surface area contributed by atoms with E-state index >= 15 is 0 Å². The van der Waals surface area contributed by atoms with E-state index in [4.69, 9.17) is 0 Å². The van der Waals surface area contributed by atoms with E-state index in [-0.39, 0.29) is 0 Å². The lowest BCUT2D eigenvalue weighted by atomic mass is 10.1. The van der Waals surface area contributed by atoms with Crippen LogP contribution in [-0.4, -0.2) is 55.2 Å². The first-order chi connectivity index (χ1) is 13.0. The highest BCUT2D eigenvalue weighted by molar-refractivity contribution is 5.37. The van der Waals surface area contributed by atoms with Gasteiger partial charge in [0.25, 0.3) is 0 Å². The van der Waals surface area contributed by atoms with Crippen molar-refractivity contribution in [3.05, 3.63) is 59.3 Å². The first-order valence-corrected chi connectivity index (χ1v) is 9.08. The molecule has 27 heavy (non-hydrogen) atoms. The summed E-state index contributed by atoms with van der Waals surface area (Å²) in [6.45, 7) is 3.40. The number of pyridine rings is 1. The summed E-state index contributed by atoms with van der Waals surface area (Å²) >= 11 is 0. The summed E-state index contributed by atoms with van der Waals surface area (Å²) in [6.07, 6.45) is 2.87. The smallest absolute Gasteiger partial charge is 0.139 e. The number of aliphatic hydroxyl groups is 1. The Labute approximate surface area is 158 Å². The standard InChI is InChI=1S/C19H25N7O/c1-23(2)18-5-4-14(11-20-18)12-25-8-9-26-15(13-25)10-16(22-26)19(27)17-6-7-21-24(17)3/h4-7,10-11,19,27H,8-9,12-13H2,1-3H3/t19-/m0/s1. The van der Waals surface area contributed by atoms with Crippen LogP contribution in [0.4, 0.5) is 5.82 Å². The van der Waals surface area contributed by atoms with Gasteiger partial charge in [-0.3, -0.25) is 14.3 Å². The number of fused-ring (bicyclic) bond motifs is 1. The Morgan fingerprint density at radius 1 is 1.22 bits per heavy atom. The minimum atomic E-state index is -0.758. The van der Waals surface area contributed by atoms with Crippen LogP contribution < -0.4 is 4.90 Å². The highest BCUT2D eigenvalue weighted by Gasteiger charge is 2.23. The van der Waals surface area contributed by atoms with Gasteiger partial charge in [0, 0.05) is 53.2 Å². The number of anilines is 1. The molecule has 3 aromatic heterocycles. The van der Waals surface area contributed by atoms with Gasteiger partial charge in [0.05, 0.1) is 23.6 Å². The van der Waals surface area contributed by atoms with Gasteiger partial charge in [-0.15, -0.1) is 0 Å². The molecule has 0 saturated carbocycles. The van der Waals surface area contributed by atoms with Gasteiger partial charge in [-0.2, -0.15) is 10.2 Å². The third-order valence-electron chi connectivity index (χ3n) is 4.99. The highest BCUT2D eigenvalue weighted by atomic mass is 16.3. The van der Waals surface area contributed by atoms with Crippen molar-refractivity contribution in [2.24, 2.45) is 7.05 Å². The summed E-state index contributed by atoms with van der Waals surface area (Å²) in [6, 6.07) is 7.99. The van der Waals surface area contributed by atoms with E-state index in [1.807, 2.05) is 55.1 Å². The predicted octanol–water partition coefficient (Wildman–Crippen LogP) is 1.18. The van der Waals surface area contributed by atoms with Gasteiger partial charge >= 0.3 is 0 Å². The number of rotatable bonds is 5. The van der Waals surface area contributed by atoms with Crippen molar-refractivity contribution in [1.82, 2.24) is 29.4 Å². The van der Waals surface area contributed by atoms with Crippen LogP contribution in [-0.2, 0) is 26.7 Å². The third-order valence-corrected chi connectivity index (χ3v) is 4.99. The zero-order valence-electron chi connectivity index (χ0n) is 15.9. The maximum atomic E-state index is 10.6. The SMILES string of the molecule is CN(C)c1ccc(CN2CCn3nc([C@H](O)c4ccnn4C)cc3C2)cn1. The van der Waals surface area contributed by atoms with Crippen molar-refractivity contribution in [1.29, 1.82) is 0 Å². The molecular formula is C19H25N7O. The summed E-state index contributed by atoms with van der Waals surface area (Å²) in [5, 5.41) is 19.3. The minimum Gasteiger partial charge on any atom is -0.380 e. The number of hydrogen-bond donors (Lipinski definition) is 1. The lowest BCUT2D eigenvalue weighted by Crippen LogP contribution is -2.33. The quantitative estimate of drug-likeness (QED) is 0.730. The van der Waals surface area contributed by atoms with Crippen LogP contribution in [0, 0.1) is 0 Å². The Balaban J connectivity index is 1.45. The van der Waals surface area contributed by atoms with E-state index in [9.17, 15) is 5.11 Å². The number of aromatic nitrogens is 5. The number of aliphatic hydroxyl groups excluding tert-OH is 1. The molecule has 0 spiro atoms. The molecule has 0 aromatic carbocycles. The Kier molecular flexibility index (Phi) is 4.67. The van der Waals surface area contributed by atoms with E-state index in [1.165, 1.54) is 5.56 Å². The van der Waals surface area contributed by atoms with Gasteiger partial charge in [-0.05, 0) is 23.8 Å². The molecule has 1 N–H and O–H groups in total. The molecule has 1 atom stereocenters. The second-order valence-electron chi connectivity index (χ2n) is 7.20. The molecule has 0 bridgehead atoms. The summed E-state index contributed by atoms with van der Waals surface area (Å²) in [5.41, 5.74) is 3.74. The molecule has 0 saturated heterocycles. The second-order valence-corrected chi connectivity index (χ2v) is 7.20. The highest BCUT2D eigenvalue weighted by Crippen LogP contribution is 2.24. The first kappa shape index (κ1) is 17.7. The van der Waals surface area contributed by atoms with E-state index in [0.717, 1.165) is 43.4 Å². The fourth-order valence-corrected chi connectivity index (χ4v) is 3.45. The summed E-state index contributed by atoms with van der Waals surface area (Å²) in [5.74, 6) is 0.962. The molecule has 0 fully saturated rings. The van der Waals surface area contributed by atoms with Crippen LogP contribution in [0.5, 0.6) is 0 Å². The Morgan fingerprint density at radius 3 is 2.74 bits per heavy atom. The van der Waals surface area contributed by atoms with Crippen molar-refractivity contribution in [3.8, 4) is 0 Å². The molecule has 4 rings (SSSR count). The van der Waals surface area contributed by atoms with E-state index in [0.29, 0.717) is 5.69 Å². The van der Waals surface area contributed by atoms with E-state index in [1.54, 1.807) is 10.9 Å². The van der Waals surface area contributed by atoms with Gasteiger partial charge in [0.2, 0.25) is 0 Å². The maximum absolute atomic E-state index is 10.6. The first-order valence-electron chi connectivity index (χ1n) is 9.08. The van der Waals surface area contributed by atoms with Crippen LogP contribution >= 0.6 is 0 Å². The third kappa shape index (κ3) is 3.58. The van der Waals surface area contributed by atoms with Crippen molar-refractivity contribution >= 4 is 5.82 Å². The largest absolute Gasteiger partial charge is 0.380 e. The van der Waals surface area contributed by atoms with E-state index < -0.39 is 6.10 Å². The molecule has 1 aliphatic rings. The average molecular weight is 367 g/mol. The fourth-order valence-electron chi connectivity index (χ4n) is 3.45. The molecule has 0 amide bonds. The van der Waals surface area contributed by atoms with Crippen LogP contribution in [0.3, 0.4) is 0 Å². The summed E-state index contributed by atoms with van der Waals surface area (Å²) in [4.78, 5) is 8.87. The number of hydrogen-bond acceptors (Lipinski definition) is 6. The van der Waals surface area contributed by atoms with Crippen molar-refractivity contribution in [2.75, 3.05) is 25.5 Å². The van der Waals surface area contributed by atoms with Gasteiger partial charge in [-0.25, -0.2) is 4.98 Å². The Bertz CT molecular complexity index is 913. The zero-order chi connectivity index (χ0) is 19.0. The molecule has 1 aliphatic heterocycles. The molecule has 8 heteroatoms. The molecule has 0 radical (unpaired) electrons. The Morgan fingerprint density at radius 2 is 2.07 bits per heavy atom. The van der Waals surface area contributed by atoms with Crippen molar-refractivity contribution in [2.45, 2.75) is 25.7 Å². The molecular weight excluding hydrogens is 342 g/mol. The minimum absolute atomic E-state index is 0.674. The lowest BCUT2D eigenvalue weighted by Gasteiger charge is -2.27. The number of aryl methyl sites for hydroxylation is 1. The van der Waals surface area contributed by atoms with Gasteiger partial charge < -0.3 is 10.0 Å². The molecule has 142 valence electrons. The second kappa shape index (κ2) is 7.13. The van der Waals surface area contributed by atoms with Crippen LogP contribution in [0.2, 0.25) is 0 Å². The zero-order valence-corrected chi connectivity index (χ0v) is 15.9.